The zero-order valence-electron chi connectivity index (χ0n) is 13.7. The van der Waals surface area contributed by atoms with Crippen LogP contribution in [0.25, 0.3) is 0 Å². The van der Waals surface area contributed by atoms with Crippen molar-refractivity contribution in [1.29, 1.82) is 0 Å². The molecule has 24 heavy (non-hydrogen) atoms. The Bertz CT molecular complexity index is 681. The standard InChI is InChI=1S/C20H22N2O2/c1-3-7-17(8-4-1)11-12-20(23-13-14-24-20)16-21-22-15-19(22)18-9-5-2-6-10-18/h1-10,16,19H,11-15H2/b21-16+. The highest BCUT2D eigenvalue weighted by molar-refractivity contribution is 5.67. The van der Waals surface area contributed by atoms with Crippen molar-refractivity contribution in [3.63, 3.8) is 0 Å². The van der Waals surface area contributed by atoms with Crippen LogP contribution < -0.4 is 0 Å². The van der Waals surface area contributed by atoms with Gasteiger partial charge in [-0.25, -0.2) is 0 Å². The third-order valence-corrected chi connectivity index (χ3v) is 4.55. The molecule has 4 rings (SSSR count). The lowest BCUT2D eigenvalue weighted by molar-refractivity contribution is -0.0987. The minimum absolute atomic E-state index is 0.384. The summed E-state index contributed by atoms with van der Waals surface area (Å²) in [5, 5.41) is 6.69. The molecule has 2 fully saturated rings. The second-order valence-electron chi connectivity index (χ2n) is 6.29. The predicted molar refractivity (Wildman–Crippen MR) is 93.8 cm³/mol. The molecule has 0 bridgehead atoms. The number of aryl methyl sites for hydroxylation is 1. The first-order chi connectivity index (χ1) is 11.8. The Labute approximate surface area is 142 Å². The fourth-order valence-electron chi connectivity index (χ4n) is 3.09. The summed E-state index contributed by atoms with van der Waals surface area (Å²) < 4.78 is 11.8. The van der Waals surface area contributed by atoms with Crippen molar-refractivity contribution in [3.05, 3.63) is 71.8 Å². The molecule has 124 valence electrons. The fourth-order valence-corrected chi connectivity index (χ4v) is 3.09. The summed E-state index contributed by atoms with van der Waals surface area (Å²) in [5.41, 5.74) is 2.60. The highest BCUT2D eigenvalue weighted by Crippen LogP contribution is 2.35. The van der Waals surface area contributed by atoms with Crippen LogP contribution in [0.5, 0.6) is 0 Å². The molecule has 0 spiro atoms. The van der Waals surface area contributed by atoms with Gasteiger partial charge in [0.2, 0.25) is 5.79 Å². The molecule has 1 unspecified atom stereocenters. The van der Waals surface area contributed by atoms with E-state index in [-0.39, 0.29) is 0 Å². The molecule has 0 saturated carbocycles. The molecule has 1 atom stereocenters. The van der Waals surface area contributed by atoms with Gasteiger partial charge in [0.25, 0.3) is 0 Å². The zero-order chi connectivity index (χ0) is 16.2. The maximum absolute atomic E-state index is 5.88. The highest BCUT2D eigenvalue weighted by atomic mass is 16.7. The van der Waals surface area contributed by atoms with Gasteiger partial charge < -0.3 is 9.47 Å². The van der Waals surface area contributed by atoms with E-state index in [4.69, 9.17) is 9.47 Å². The first-order valence-corrected chi connectivity index (χ1v) is 8.53. The van der Waals surface area contributed by atoms with Crippen molar-refractivity contribution in [1.82, 2.24) is 5.01 Å². The molecule has 4 nitrogen and oxygen atoms in total. The molecule has 2 saturated heterocycles. The number of hydrazone groups is 1. The molecule has 0 N–H and O–H groups in total. The summed E-state index contributed by atoms with van der Waals surface area (Å²) in [6.07, 6.45) is 3.55. The summed E-state index contributed by atoms with van der Waals surface area (Å²) >= 11 is 0. The Kier molecular flexibility index (Phi) is 4.32. The van der Waals surface area contributed by atoms with Crippen LogP contribution in [-0.4, -0.2) is 36.8 Å². The van der Waals surface area contributed by atoms with Crippen LogP contribution in [0, 0.1) is 0 Å². The van der Waals surface area contributed by atoms with E-state index in [0.29, 0.717) is 19.3 Å². The molecule has 2 heterocycles. The average molecular weight is 322 g/mol. The van der Waals surface area contributed by atoms with Gasteiger partial charge in [-0.05, 0) is 17.5 Å². The Morgan fingerprint density at radius 3 is 2.38 bits per heavy atom. The summed E-state index contributed by atoms with van der Waals surface area (Å²) in [6.45, 7) is 2.21. The number of ether oxygens (including phenoxy) is 2. The van der Waals surface area contributed by atoms with E-state index in [0.717, 1.165) is 19.4 Å². The number of rotatable bonds is 6. The van der Waals surface area contributed by atoms with Gasteiger partial charge in [0, 0.05) is 6.42 Å². The van der Waals surface area contributed by atoms with Crippen LogP contribution >= 0.6 is 0 Å². The van der Waals surface area contributed by atoms with Crippen molar-refractivity contribution in [2.24, 2.45) is 5.10 Å². The zero-order valence-corrected chi connectivity index (χ0v) is 13.7. The summed E-state index contributed by atoms with van der Waals surface area (Å²) in [7, 11) is 0. The smallest absolute Gasteiger partial charge is 0.207 e. The normalized spacial score (nSPS) is 22.2. The highest BCUT2D eigenvalue weighted by Gasteiger charge is 2.38. The van der Waals surface area contributed by atoms with E-state index in [2.05, 4.69) is 58.6 Å². The van der Waals surface area contributed by atoms with Crippen molar-refractivity contribution in [3.8, 4) is 0 Å². The molecule has 0 radical (unpaired) electrons. The topological polar surface area (TPSA) is 33.8 Å². The van der Waals surface area contributed by atoms with Crippen LogP contribution in [0.3, 0.4) is 0 Å². The van der Waals surface area contributed by atoms with E-state index in [1.54, 1.807) is 0 Å². The molecule has 4 heteroatoms. The van der Waals surface area contributed by atoms with Gasteiger partial charge in [0.1, 0.15) is 0 Å². The summed E-state index contributed by atoms with van der Waals surface area (Å²) in [5.74, 6) is -0.681. The minimum atomic E-state index is -0.681. The molecular formula is C20H22N2O2. The third kappa shape index (κ3) is 3.50. The van der Waals surface area contributed by atoms with E-state index in [9.17, 15) is 0 Å². The van der Waals surface area contributed by atoms with Gasteiger partial charge in [0.15, 0.2) is 0 Å². The van der Waals surface area contributed by atoms with Gasteiger partial charge in [-0.3, -0.25) is 5.01 Å². The van der Waals surface area contributed by atoms with E-state index >= 15 is 0 Å². The second-order valence-corrected chi connectivity index (χ2v) is 6.29. The molecule has 0 amide bonds. The Morgan fingerprint density at radius 1 is 1.00 bits per heavy atom. The van der Waals surface area contributed by atoms with Crippen LogP contribution in [-0.2, 0) is 15.9 Å². The summed E-state index contributed by atoms with van der Waals surface area (Å²) in [6, 6.07) is 21.3. The van der Waals surface area contributed by atoms with Crippen LogP contribution in [0.15, 0.2) is 65.8 Å². The van der Waals surface area contributed by atoms with E-state index in [1.165, 1.54) is 11.1 Å². The largest absolute Gasteiger partial charge is 0.343 e. The van der Waals surface area contributed by atoms with Gasteiger partial charge in [-0.15, -0.1) is 0 Å². The predicted octanol–water partition coefficient (Wildman–Crippen LogP) is 3.41. The molecule has 2 aromatic carbocycles. The lowest BCUT2D eigenvalue weighted by atomic mass is 10.1. The minimum Gasteiger partial charge on any atom is -0.343 e. The number of benzene rings is 2. The lowest BCUT2D eigenvalue weighted by Gasteiger charge is -2.22. The Hall–Kier alpha value is -2.17. The second kappa shape index (κ2) is 6.75. The first-order valence-electron chi connectivity index (χ1n) is 8.53. The average Bonchev–Trinajstić information content (AvgIpc) is 3.29. The Morgan fingerprint density at radius 2 is 1.67 bits per heavy atom. The molecule has 0 aliphatic carbocycles. The maximum Gasteiger partial charge on any atom is 0.207 e. The number of nitrogens with zero attached hydrogens (tertiary/aromatic N) is 2. The molecule has 2 aromatic rings. The fraction of sp³-hybridized carbons (Fsp3) is 0.350. The monoisotopic (exact) mass is 322 g/mol. The third-order valence-electron chi connectivity index (χ3n) is 4.55. The van der Waals surface area contributed by atoms with Gasteiger partial charge in [-0.2, -0.15) is 5.10 Å². The van der Waals surface area contributed by atoms with Crippen LogP contribution in [0.2, 0.25) is 0 Å². The Balaban J connectivity index is 1.39. The van der Waals surface area contributed by atoms with Crippen LogP contribution in [0.1, 0.15) is 23.6 Å². The first kappa shape index (κ1) is 15.4. The van der Waals surface area contributed by atoms with Crippen molar-refractivity contribution >= 4 is 6.21 Å². The molecule has 2 aliphatic rings. The summed E-state index contributed by atoms with van der Waals surface area (Å²) in [4.78, 5) is 0. The van der Waals surface area contributed by atoms with E-state index < -0.39 is 5.79 Å². The quantitative estimate of drug-likeness (QED) is 0.604. The van der Waals surface area contributed by atoms with Crippen molar-refractivity contribution < 1.29 is 9.47 Å². The maximum atomic E-state index is 5.88. The van der Waals surface area contributed by atoms with Crippen LogP contribution in [0.4, 0.5) is 0 Å². The molecule has 0 aromatic heterocycles. The molecule has 2 aliphatic heterocycles. The van der Waals surface area contributed by atoms with Gasteiger partial charge in [-0.1, -0.05) is 60.7 Å². The SMILES string of the molecule is C(=N\N1CC1c1ccccc1)/C1(CCc2ccccc2)OCCO1. The molecular weight excluding hydrogens is 300 g/mol. The van der Waals surface area contributed by atoms with Crippen molar-refractivity contribution in [2.75, 3.05) is 19.8 Å². The van der Waals surface area contributed by atoms with Gasteiger partial charge >= 0.3 is 0 Å². The number of hydrogen-bond donors (Lipinski definition) is 0. The van der Waals surface area contributed by atoms with Gasteiger partial charge in [0.05, 0.1) is 32.0 Å². The number of hydrogen-bond acceptors (Lipinski definition) is 4. The van der Waals surface area contributed by atoms with E-state index in [1.807, 2.05) is 18.3 Å². The lowest BCUT2D eigenvalue weighted by Crippen LogP contribution is -2.33. The van der Waals surface area contributed by atoms with Crippen molar-refractivity contribution in [2.45, 2.75) is 24.7 Å².